The van der Waals surface area contributed by atoms with E-state index in [1.54, 1.807) is 21.6 Å². The van der Waals surface area contributed by atoms with E-state index in [4.69, 9.17) is 0 Å². The fourth-order valence-corrected chi connectivity index (χ4v) is 3.18. The summed E-state index contributed by atoms with van der Waals surface area (Å²) in [6, 6.07) is 7.74. The summed E-state index contributed by atoms with van der Waals surface area (Å²) in [5, 5.41) is 0. The molecule has 0 N–H and O–H groups in total. The van der Waals surface area contributed by atoms with Gasteiger partial charge < -0.3 is 14.7 Å². The van der Waals surface area contributed by atoms with Crippen molar-refractivity contribution in [3.8, 4) is 0 Å². The number of amides is 3. The van der Waals surface area contributed by atoms with Crippen molar-refractivity contribution in [3.05, 3.63) is 29.8 Å². The Labute approximate surface area is 135 Å². The van der Waals surface area contributed by atoms with Crippen LogP contribution in [0.25, 0.3) is 0 Å². The summed E-state index contributed by atoms with van der Waals surface area (Å²) >= 11 is 0. The summed E-state index contributed by atoms with van der Waals surface area (Å²) in [7, 11) is 0. The highest BCUT2D eigenvalue weighted by atomic mass is 16.2. The fraction of sp³-hybridized carbons (Fsp3) is 0.471. The van der Waals surface area contributed by atoms with Crippen LogP contribution in [0.2, 0.25) is 0 Å². The van der Waals surface area contributed by atoms with E-state index in [0.29, 0.717) is 32.6 Å². The van der Waals surface area contributed by atoms with Gasteiger partial charge in [0.1, 0.15) is 6.54 Å². The normalized spacial score (nSPS) is 18.0. The van der Waals surface area contributed by atoms with E-state index in [-0.39, 0.29) is 24.3 Å². The average molecular weight is 315 g/mol. The van der Waals surface area contributed by atoms with Gasteiger partial charge in [0, 0.05) is 45.2 Å². The second kappa shape index (κ2) is 6.40. The molecule has 0 saturated carbocycles. The molecular formula is C17H21N3O3. The molecule has 0 atom stereocenters. The Morgan fingerprint density at radius 1 is 1.00 bits per heavy atom. The van der Waals surface area contributed by atoms with Crippen molar-refractivity contribution in [2.75, 3.05) is 37.6 Å². The Balaban J connectivity index is 1.66. The lowest BCUT2D eigenvalue weighted by molar-refractivity contribution is -0.138. The number of hydrogen-bond donors (Lipinski definition) is 0. The van der Waals surface area contributed by atoms with Crippen molar-refractivity contribution >= 4 is 23.4 Å². The van der Waals surface area contributed by atoms with E-state index in [1.165, 1.54) is 0 Å². The first-order chi connectivity index (χ1) is 11.1. The zero-order valence-corrected chi connectivity index (χ0v) is 13.3. The van der Waals surface area contributed by atoms with E-state index >= 15 is 0 Å². The number of piperazine rings is 1. The molecule has 1 saturated heterocycles. The largest absolute Gasteiger partial charge is 0.339 e. The predicted molar refractivity (Wildman–Crippen MR) is 86.0 cm³/mol. The number of carbonyl (C=O) groups excluding carboxylic acids is 3. The molecule has 1 aromatic rings. The van der Waals surface area contributed by atoms with Gasteiger partial charge in [-0.1, -0.05) is 18.2 Å². The molecule has 0 spiro atoms. The van der Waals surface area contributed by atoms with Crippen LogP contribution >= 0.6 is 0 Å². The monoisotopic (exact) mass is 315 g/mol. The number of nitrogens with zero attached hydrogens (tertiary/aromatic N) is 3. The molecule has 3 amide bonds. The van der Waals surface area contributed by atoms with Crippen LogP contribution in [0.4, 0.5) is 5.69 Å². The SMILES string of the molecule is CC(=O)N1CCN(C(=O)CN2C(=O)CCc3ccccc32)CC1. The van der Waals surface area contributed by atoms with Gasteiger partial charge >= 0.3 is 0 Å². The van der Waals surface area contributed by atoms with E-state index in [2.05, 4.69) is 0 Å². The van der Waals surface area contributed by atoms with Crippen LogP contribution in [0, 0.1) is 0 Å². The van der Waals surface area contributed by atoms with Gasteiger partial charge in [-0.25, -0.2) is 0 Å². The molecule has 122 valence electrons. The van der Waals surface area contributed by atoms with Gasteiger partial charge in [-0.15, -0.1) is 0 Å². The van der Waals surface area contributed by atoms with E-state index in [9.17, 15) is 14.4 Å². The number of carbonyl (C=O) groups is 3. The molecule has 0 bridgehead atoms. The summed E-state index contributed by atoms with van der Waals surface area (Å²) in [4.78, 5) is 41.2. The number of para-hydroxylation sites is 1. The molecule has 6 nitrogen and oxygen atoms in total. The first kappa shape index (κ1) is 15.5. The van der Waals surface area contributed by atoms with E-state index in [1.807, 2.05) is 24.3 Å². The minimum absolute atomic E-state index is 0.000535. The topological polar surface area (TPSA) is 60.9 Å². The number of fused-ring (bicyclic) bond motifs is 1. The van der Waals surface area contributed by atoms with Gasteiger partial charge in [0.2, 0.25) is 17.7 Å². The summed E-state index contributed by atoms with van der Waals surface area (Å²) < 4.78 is 0. The summed E-state index contributed by atoms with van der Waals surface area (Å²) in [6.07, 6.45) is 1.18. The van der Waals surface area contributed by atoms with Crippen LogP contribution in [-0.4, -0.2) is 60.2 Å². The summed E-state index contributed by atoms with van der Waals surface area (Å²) in [5.41, 5.74) is 1.96. The van der Waals surface area contributed by atoms with Crippen molar-refractivity contribution in [1.29, 1.82) is 0 Å². The Morgan fingerprint density at radius 2 is 1.65 bits per heavy atom. The zero-order valence-electron chi connectivity index (χ0n) is 13.3. The Morgan fingerprint density at radius 3 is 2.35 bits per heavy atom. The van der Waals surface area contributed by atoms with Crippen LogP contribution in [0.15, 0.2) is 24.3 Å². The number of aryl methyl sites for hydroxylation is 1. The third-order valence-electron chi connectivity index (χ3n) is 4.56. The molecule has 3 rings (SSSR count). The molecular weight excluding hydrogens is 294 g/mol. The van der Waals surface area contributed by atoms with Crippen molar-refractivity contribution < 1.29 is 14.4 Å². The van der Waals surface area contributed by atoms with Crippen molar-refractivity contribution in [1.82, 2.24) is 9.80 Å². The van der Waals surface area contributed by atoms with Gasteiger partial charge in [0.05, 0.1) is 0 Å². The van der Waals surface area contributed by atoms with Crippen LogP contribution in [0.5, 0.6) is 0 Å². The quantitative estimate of drug-likeness (QED) is 0.805. The van der Waals surface area contributed by atoms with Crippen LogP contribution in [-0.2, 0) is 20.8 Å². The number of rotatable bonds is 2. The maximum atomic E-state index is 12.5. The molecule has 0 unspecified atom stereocenters. The zero-order chi connectivity index (χ0) is 16.4. The predicted octanol–water partition coefficient (Wildman–Crippen LogP) is 0.656. The minimum Gasteiger partial charge on any atom is -0.339 e. The van der Waals surface area contributed by atoms with Gasteiger partial charge in [-0.3, -0.25) is 14.4 Å². The standard InChI is InChI=1S/C17H21N3O3/c1-13(21)18-8-10-19(11-9-18)17(23)12-20-15-5-3-2-4-14(15)6-7-16(20)22/h2-5H,6-12H2,1H3. The third kappa shape index (κ3) is 3.21. The molecule has 1 aromatic carbocycles. The lowest BCUT2D eigenvalue weighted by Gasteiger charge is -2.36. The summed E-state index contributed by atoms with van der Waals surface area (Å²) in [5.74, 6) is -0.0186. The van der Waals surface area contributed by atoms with Gasteiger partial charge in [-0.2, -0.15) is 0 Å². The first-order valence-corrected chi connectivity index (χ1v) is 7.98. The molecule has 0 aromatic heterocycles. The fourth-order valence-electron chi connectivity index (χ4n) is 3.18. The van der Waals surface area contributed by atoms with Crippen molar-refractivity contribution in [2.24, 2.45) is 0 Å². The van der Waals surface area contributed by atoms with E-state index in [0.717, 1.165) is 17.7 Å². The minimum atomic E-state index is -0.0572. The number of hydrogen-bond acceptors (Lipinski definition) is 3. The maximum Gasteiger partial charge on any atom is 0.242 e. The Bertz CT molecular complexity index is 636. The third-order valence-corrected chi connectivity index (χ3v) is 4.56. The van der Waals surface area contributed by atoms with Crippen LogP contribution in [0.3, 0.4) is 0 Å². The second-order valence-corrected chi connectivity index (χ2v) is 6.00. The maximum absolute atomic E-state index is 12.5. The number of anilines is 1. The molecule has 2 heterocycles. The smallest absolute Gasteiger partial charge is 0.242 e. The van der Waals surface area contributed by atoms with Gasteiger partial charge in [-0.05, 0) is 18.1 Å². The highest BCUT2D eigenvalue weighted by molar-refractivity contribution is 6.01. The van der Waals surface area contributed by atoms with Gasteiger partial charge in [0.25, 0.3) is 0 Å². The van der Waals surface area contributed by atoms with Crippen molar-refractivity contribution in [3.63, 3.8) is 0 Å². The van der Waals surface area contributed by atoms with Crippen LogP contribution in [0.1, 0.15) is 18.9 Å². The molecule has 2 aliphatic rings. The first-order valence-electron chi connectivity index (χ1n) is 7.98. The molecule has 23 heavy (non-hydrogen) atoms. The Hall–Kier alpha value is -2.37. The van der Waals surface area contributed by atoms with Crippen LogP contribution < -0.4 is 4.90 Å². The number of benzene rings is 1. The molecule has 2 aliphatic heterocycles. The Kier molecular flexibility index (Phi) is 4.32. The lowest BCUT2D eigenvalue weighted by atomic mass is 10.0. The molecule has 0 radical (unpaired) electrons. The summed E-state index contributed by atoms with van der Waals surface area (Å²) in [6.45, 7) is 3.80. The average Bonchev–Trinajstić information content (AvgIpc) is 2.57. The second-order valence-electron chi connectivity index (χ2n) is 6.00. The van der Waals surface area contributed by atoms with Crippen molar-refractivity contribution in [2.45, 2.75) is 19.8 Å². The molecule has 0 aliphatic carbocycles. The van der Waals surface area contributed by atoms with E-state index < -0.39 is 0 Å². The highest BCUT2D eigenvalue weighted by Gasteiger charge is 2.29. The molecule has 6 heteroatoms. The molecule has 1 fully saturated rings. The van der Waals surface area contributed by atoms with Gasteiger partial charge in [0.15, 0.2) is 0 Å². The highest BCUT2D eigenvalue weighted by Crippen LogP contribution is 2.27. The lowest BCUT2D eigenvalue weighted by Crippen LogP contribution is -2.53.